The summed E-state index contributed by atoms with van der Waals surface area (Å²) in [5.74, 6) is -1.59. The van der Waals surface area contributed by atoms with Crippen LogP contribution in [0.4, 0.5) is 4.79 Å². The average molecular weight is 354 g/mol. The molecule has 0 aliphatic carbocycles. The van der Waals surface area contributed by atoms with Crippen LogP contribution in [0.25, 0.3) is 0 Å². The van der Waals surface area contributed by atoms with Crippen molar-refractivity contribution in [1.82, 2.24) is 15.5 Å². The highest BCUT2D eigenvalue weighted by molar-refractivity contribution is 5.92. The lowest BCUT2D eigenvalue weighted by Crippen LogP contribution is -2.56. The number of primary amides is 1. The minimum absolute atomic E-state index is 0.162. The Hall–Kier alpha value is -2.58. The van der Waals surface area contributed by atoms with Crippen LogP contribution in [0.1, 0.15) is 33.6 Å². The maximum Gasteiger partial charge on any atom is 0.408 e. The lowest BCUT2D eigenvalue weighted by molar-refractivity contribution is -0.139. The summed E-state index contributed by atoms with van der Waals surface area (Å²) in [4.78, 5) is 48.9. The molecule has 0 radical (unpaired) electrons. The zero-order valence-electron chi connectivity index (χ0n) is 14.8. The molecule has 4 N–H and O–H groups in total. The number of nitrogens with one attached hydrogen (secondary N) is 2. The fraction of sp³-hybridized carbons (Fsp3) is 0.625. The van der Waals surface area contributed by atoms with E-state index in [2.05, 4.69) is 17.2 Å². The highest BCUT2D eigenvalue weighted by Crippen LogP contribution is 2.18. The molecule has 0 bridgehead atoms. The molecule has 2 atom stereocenters. The van der Waals surface area contributed by atoms with Gasteiger partial charge in [-0.15, -0.1) is 0 Å². The summed E-state index contributed by atoms with van der Waals surface area (Å²) in [7, 11) is 0. The van der Waals surface area contributed by atoms with Gasteiger partial charge in [-0.3, -0.25) is 14.4 Å². The van der Waals surface area contributed by atoms with E-state index in [1.54, 1.807) is 20.8 Å². The molecule has 2 unspecified atom stereocenters. The quantitative estimate of drug-likeness (QED) is 0.562. The number of carbonyl (C=O) groups excluding carboxylic acids is 4. The highest BCUT2D eigenvalue weighted by Gasteiger charge is 2.37. The van der Waals surface area contributed by atoms with Crippen LogP contribution in [0, 0.1) is 0 Å². The van der Waals surface area contributed by atoms with Crippen LogP contribution in [0.3, 0.4) is 0 Å². The maximum absolute atomic E-state index is 12.7. The van der Waals surface area contributed by atoms with Crippen LogP contribution in [-0.4, -0.2) is 59.5 Å². The molecule has 25 heavy (non-hydrogen) atoms. The van der Waals surface area contributed by atoms with E-state index >= 15 is 0 Å². The first kappa shape index (κ1) is 20.5. The van der Waals surface area contributed by atoms with Crippen LogP contribution >= 0.6 is 0 Å². The summed E-state index contributed by atoms with van der Waals surface area (Å²) in [6, 6.07) is -1.80. The van der Waals surface area contributed by atoms with Crippen molar-refractivity contribution < 1.29 is 23.9 Å². The molecular weight excluding hydrogens is 328 g/mol. The Kier molecular flexibility index (Phi) is 6.96. The van der Waals surface area contributed by atoms with Crippen molar-refractivity contribution in [1.29, 1.82) is 0 Å². The Labute approximate surface area is 146 Å². The second-order valence-electron chi connectivity index (χ2n) is 6.74. The van der Waals surface area contributed by atoms with Crippen molar-refractivity contribution in [3.63, 3.8) is 0 Å². The van der Waals surface area contributed by atoms with Crippen LogP contribution in [0.5, 0.6) is 0 Å². The van der Waals surface area contributed by atoms with Crippen molar-refractivity contribution in [3.8, 4) is 0 Å². The van der Waals surface area contributed by atoms with Gasteiger partial charge in [-0.1, -0.05) is 6.58 Å². The number of ether oxygens (including phenoxy) is 1. The number of hydrogen-bond donors (Lipinski definition) is 3. The molecule has 0 aromatic heterocycles. The SMILES string of the molecule is C=CC(=O)NCC(NC(=O)OC(C)(C)C)C(=O)N1CCCC1C(N)=O. The van der Waals surface area contributed by atoms with E-state index in [1.807, 2.05) is 0 Å². The van der Waals surface area contributed by atoms with Crippen molar-refractivity contribution in [3.05, 3.63) is 12.7 Å². The molecule has 1 fully saturated rings. The molecule has 0 saturated carbocycles. The van der Waals surface area contributed by atoms with E-state index in [-0.39, 0.29) is 6.54 Å². The fourth-order valence-corrected chi connectivity index (χ4v) is 2.45. The number of rotatable bonds is 6. The zero-order valence-corrected chi connectivity index (χ0v) is 14.8. The number of carbonyl (C=O) groups is 4. The van der Waals surface area contributed by atoms with Gasteiger partial charge in [0.2, 0.25) is 17.7 Å². The Morgan fingerprint density at radius 1 is 1.36 bits per heavy atom. The van der Waals surface area contributed by atoms with Gasteiger partial charge in [0.05, 0.1) is 0 Å². The maximum atomic E-state index is 12.7. The molecule has 0 spiro atoms. The minimum atomic E-state index is -1.08. The van der Waals surface area contributed by atoms with Gasteiger partial charge in [-0.25, -0.2) is 4.79 Å². The summed E-state index contributed by atoms with van der Waals surface area (Å²) in [6.07, 6.45) is 1.36. The molecule has 9 nitrogen and oxygen atoms in total. The standard InChI is InChI=1S/C16H26N4O5/c1-5-12(21)18-9-10(19-15(24)25-16(2,3)4)14(23)20-8-6-7-11(20)13(17)22/h5,10-11H,1,6-9H2,2-4H3,(H2,17,22)(H,18,21)(H,19,24). The highest BCUT2D eigenvalue weighted by atomic mass is 16.6. The van der Waals surface area contributed by atoms with Gasteiger partial charge in [0, 0.05) is 13.1 Å². The van der Waals surface area contributed by atoms with Gasteiger partial charge in [-0.05, 0) is 39.7 Å². The molecule has 1 rings (SSSR count). The third-order valence-corrected chi connectivity index (χ3v) is 3.52. The average Bonchev–Trinajstić information content (AvgIpc) is 2.98. The van der Waals surface area contributed by atoms with E-state index in [1.165, 1.54) is 4.90 Å². The normalized spacial score (nSPS) is 18.2. The second kappa shape index (κ2) is 8.50. The second-order valence-corrected chi connectivity index (χ2v) is 6.74. The summed E-state index contributed by atoms with van der Waals surface area (Å²) >= 11 is 0. The third kappa shape index (κ3) is 6.44. The number of alkyl carbamates (subject to hydrolysis) is 1. The molecule has 4 amide bonds. The number of nitrogens with zero attached hydrogens (tertiary/aromatic N) is 1. The topological polar surface area (TPSA) is 131 Å². The van der Waals surface area contributed by atoms with E-state index in [0.717, 1.165) is 6.08 Å². The zero-order chi connectivity index (χ0) is 19.2. The molecule has 0 aromatic carbocycles. The van der Waals surface area contributed by atoms with Gasteiger partial charge in [0.15, 0.2) is 0 Å². The monoisotopic (exact) mass is 354 g/mol. The fourth-order valence-electron chi connectivity index (χ4n) is 2.45. The molecule has 9 heteroatoms. The van der Waals surface area contributed by atoms with E-state index in [0.29, 0.717) is 19.4 Å². The first-order chi connectivity index (χ1) is 11.5. The first-order valence-corrected chi connectivity index (χ1v) is 8.04. The van der Waals surface area contributed by atoms with Gasteiger partial charge < -0.3 is 26.0 Å². The van der Waals surface area contributed by atoms with Crippen LogP contribution in [0.2, 0.25) is 0 Å². The Morgan fingerprint density at radius 3 is 2.52 bits per heavy atom. The van der Waals surface area contributed by atoms with Crippen molar-refractivity contribution in [2.45, 2.75) is 51.3 Å². The number of likely N-dealkylation sites (tertiary alicyclic amines) is 1. The summed E-state index contributed by atoms with van der Waals surface area (Å²) < 4.78 is 5.14. The molecule has 1 aliphatic heterocycles. The van der Waals surface area contributed by atoms with Crippen LogP contribution in [-0.2, 0) is 19.1 Å². The van der Waals surface area contributed by atoms with Crippen LogP contribution in [0.15, 0.2) is 12.7 Å². The predicted molar refractivity (Wildman–Crippen MR) is 90.3 cm³/mol. The van der Waals surface area contributed by atoms with E-state index in [4.69, 9.17) is 10.5 Å². The number of amides is 4. The largest absolute Gasteiger partial charge is 0.444 e. The molecule has 1 aliphatic rings. The lowest BCUT2D eigenvalue weighted by Gasteiger charge is -2.28. The summed E-state index contributed by atoms with van der Waals surface area (Å²) in [5.41, 5.74) is 4.58. The van der Waals surface area contributed by atoms with Gasteiger partial charge in [0.25, 0.3) is 0 Å². The van der Waals surface area contributed by atoms with Gasteiger partial charge in [0.1, 0.15) is 17.7 Å². The molecule has 1 saturated heterocycles. The number of nitrogens with two attached hydrogens (primary N) is 1. The predicted octanol–water partition coefficient (Wildman–Crippen LogP) is -0.342. The van der Waals surface area contributed by atoms with Crippen molar-refractivity contribution in [2.24, 2.45) is 5.73 Å². The van der Waals surface area contributed by atoms with Crippen LogP contribution < -0.4 is 16.4 Å². The summed E-state index contributed by atoms with van der Waals surface area (Å²) in [5, 5.41) is 4.89. The van der Waals surface area contributed by atoms with E-state index in [9.17, 15) is 19.2 Å². The minimum Gasteiger partial charge on any atom is -0.444 e. The smallest absolute Gasteiger partial charge is 0.408 e. The van der Waals surface area contributed by atoms with Crippen molar-refractivity contribution in [2.75, 3.05) is 13.1 Å². The summed E-state index contributed by atoms with van der Waals surface area (Å²) in [6.45, 7) is 8.58. The Bertz CT molecular complexity index is 555. The number of hydrogen-bond acceptors (Lipinski definition) is 5. The molecular formula is C16H26N4O5. The third-order valence-electron chi connectivity index (χ3n) is 3.52. The van der Waals surface area contributed by atoms with E-state index < -0.39 is 41.5 Å². The van der Waals surface area contributed by atoms with Gasteiger partial charge >= 0.3 is 6.09 Å². The lowest BCUT2D eigenvalue weighted by atomic mass is 10.2. The molecule has 140 valence electrons. The molecule has 0 aromatic rings. The van der Waals surface area contributed by atoms with Crippen molar-refractivity contribution >= 4 is 23.8 Å². The molecule has 1 heterocycles. The first-order valence-electron chi connectivity index (χ1n) is 8.04. The Balaban J connectivity index is 2.86. The Morgan fingerprint density at radius 2 is 2.00 bits per heavy atom. The van der Waals surface area contributed by atoms with Gasteiger partial charge in [-0.2, -0.15) is 0 Å².